The Balaban J connectivity index is 1.57. The molecule has 2 nitrogen and oxygen atoms in total. The largest absolute Gasteiger partial charge is 0.315 e. The minimum atomic E-state index is 0.945. The molecule has 1 fully saturated rings. The van der Waals surface area contributed by atoms with Gasteiger partial charge in [0.15, 0.2) is 0 Å². The van der Waals surface area contributed by atoms with Gasteiger partial charge in [-0.2, -0.15) is 0 Å². The quantitative estimate of drug-likeness (QED) is 0.730. The van der Waals surface area contributed by atoms with Crippen LogP contribution in [0, 0.1) is 5.92 Å². The first-order valence-electron chi connectivity index (χ1n) is 7.84. The highest BCUT2D eigenvalue weighted by Gasteiger charge is 2.12. The van der Waals surface area contributed by atoms with Crippen molar-refractivity contribution in [3.05, 3.63) is 22.4 Å². The van der Waals surface area contributed by atoms with Gasteiger partial charge in [-0.1, -0.05) is 32.3 Å². The van der Waals surface area contributed by atoms with Crippen molar-refractivity contribution < 1.29 is 0 Å². The fourth-order valence-corrected chi connectivity index (χ4v) is 3.65. The third-order valence-electron chi connectivity index (χ3n) is 4.17. The van der Waals surface area contributed by atoms with Crippen molar-refractivity contribution in [1.82, 2.24) is 10.2 Å². The highest BCUT2D eigenvalue weighted by molar-refractivity contribution is 7.09. The molecule has 0 aliphatic heterocycles. The van der Waals surface area contributed by atoms with Crippen LogP contribution in [0.3, 0.4) is 0 Å². The van der Waals surface area contributed by atoms with Crippen molar-refractivity contribution in [2.45, 2.75) is 45.6 Å². The van der Waals surface area contributed by atoms with E-state index in [9.17, 15) is 0 Å². The first kappa shape index (κ1) is 15.0. The summed E-state index contributed by atoms with van der Waals surface area (Å²) in [6, 6.07) is 4.39. The van der Waals surface area contributed by atoms with Crippen LogP contribution in [0.1, 0.15) is 43.9 Å². The van der Waals surface area contributed by atoms with Gasteiger partial charge in [-0.15, -0.1) is 11.3 Å². The molecule has 0 saturated heterocycles. The average molecular weight is 280 g/mol. The van der Waals surface area contributed by atoms with Gasteiger partial charge in [0, 0.05) is 24.5 Å². The number of thiophene rings is 1. The van der Waals surface area contributed by atoms with Crippen LogP contribution in [0.2, 0.25) is 0 Å². The third-order valence-corrected chi connectivity index (χ3v) is 5.03. The van der Waals surface area contributed by atoms with E-state index in [1.54, 1.807) is 0 Å². The van der Waals surface area contributed by atoms with E-state index in [4.69, 9.17) is 0 Å². The third kappa shape index (κ3) is 5.64. The molecule has 1 heterocycles. The number of rotatable bonds is 8. The lowest BCUT2D eigenvalue weighted by molar-refractivity contribution is 0.272. The van der Waals surface area contributed by atoms with Crippen molar-refractivity contribution in [2.75, 3.05) is 26.2 Å². The molecule has 1 aromatic rings. The molecule has 0 atom stereocenters. The van der Waals surface area contributed by atoms with Gasteiger partial charge in [0.2, 0.25) is 0 Å². The molecule has 2 rings (SSSR count). The van der Waals surface area contributed by atoms with Gasteiger partial charge in [-0.3, -0.25) is 4.90 Å². The number of likely N-dealkylation sites (N-methyl/N-ethyl adjacent to an activating group) is 1. The monoisotopic (exact) mass is 280 g/mol. The Bertz CT molecular complexity index is 317. The van der Waals surface area contributed by atoms with Crippen LogP contribution in [-0.2, 0) is 6.54 Å². The standard InChI is InChI=1S/C16H28N2S/c1-2-18(14-16-9-6-12-19-16)11-10-17-13-15-7-4-3-5-8-15/h6,9,12,15,17H,2-5,7-8,10-11,13-14H2,1H3. The van der Waals surface area contributed by atoms with Crippen molar-refractivity contribution in [3.63, 3.8) is 0 Å². The maximum Gasteiger partial charge on any atom is 0.0328 e. The zero-order valence-corrected chi connectivity index (χ0v) is 13.1. The lowest BCUT2D eigenvalue weighted by Crippen LogP contribution is -2.34. The summed E-state index contributed by atoms with van der Waals surface area (Å²) in [6.07, 6.45) is 7.25. The van der Waals surface area contributed by atoms with Crippen LogP contribution in [0.4, 0.5) is 0 Å². The predicted molar refractivity (Wildman–Crippen MR) is 84.7 cm³/mol. The maximum atomic E-state index is 3.66. The Morgan fingerprint density at radius 2 is 2.16 bits per heavy atom. The highest BCUT2D eigenvalue weighted by Crippen LogP contribution is 2.22. The number of nitrogens with zero attached hydrogens (tertiary/aromatic N) is 1. The van der Waals surface area contributed by atoms with Gasteiger partial charge in [0.25, 0.3) is 0 Å². The minimum absolute atomic E-state index is 0.945. The van der Waals surface area contributed by atoms with E-state index in [0.29, 0.717) is 0 Å². The Hall–Kier alpha value is -0.380. The van der Waals surface area contributed by atoms with Gasteiger partial charge in [0.1, 0.15) is 0 Å². The molecular weight excluding hydrogens is 252 g/mol. The van der Waals surface area contributed by atoms with Crippen molar-refractivity contribution in [2.24, 2.45) is 5.92 Å². The Kier molecular flexibility index (Phi) is 6.90. The maximum absolute atomic E-state index is 3.66. The Labute approximate surface area is 122 Å². The number of hydrogen-bond acceptors (Lipinski definition) is 3. The molecule has 0 bridgehead atoms. The lowest BCUT2D eigenvalue weighted by Gasteiger charge is -2.23. The Morgan fingerprint density at radius 1 is 1.32 bits per heavy atom. The van der Waals surface area contributed by atoms with E-state index in [1.807, 2.05) is 11.3 Å². The lowest BCUT2D eigenvalue weighted by atomic mass is 9.89. The van der Waals surface area contributed by atoms with Crippen molar-refractivity contribution >= 4 is 11.3 Å². The molecule has 0 aromatic carbocycles. The van der Waals surface area contributed by atoms with Gasteiger partial charge < -0.3 is 5.32 Å². The minimum Gasteiger partial charge on any atom is -0.315 e. The summed E-state index contributed by atoms with van der Waals surface area (Å²) < 4.78 is 0. The molecule has 3 heteroatoms. The Morgan fingerprint density at radius 3 is 2.84 bits per heavy atom. The van der Waals surface area contributed by atoms with Gasteiger partial charge >= 0.3 is 0 Å². The molecule has 1 N–H and O–H groups in total. The smallest absolute Gasteiger partial charge is 0.0328 e. The van der Waals surface area contributed by atoms with Gasteiger partial charge in [-0.05, 0) is 43.3 Å². The second kappa shape index (κ2) is 8.72. The summed E-state index contributed by atoms with van der Waals surface area (Å²) in [5, 5.41) is 5.83. The summed E-state index contributed by atoms with van der Waals surface area (Å²) in [5.74, 6) is 0.945. The molecular formula is C16H28N2S. The van der Waals surface area contributed by atoms with E-state index < -0.39 is 0 Å². The second-order valence-corrected chi connectivity index (χ2v) is 6.69. The number of hydrogen-bond donors (Lipinski definition) is 1. The molecule has 1 aliphatic rings. The van der Waals surface area contributed by atoms with Crippen LogP contribution in [-0.4, -0.2) is 31.1 Å². The summed E-state index contributed by atoms with van der Waals surface area (Å²) in [4.78, 5) is 4.01. The molecule has 0 amide bonds. The van der Waals surface area contributed by atoms with Gasteiger partial charge in [0.05, 0.1) is 0 Å². The predicted octanol–water partition coefficient (Wildman–Crippen LogP) is 3.74. The summed E-state index contributed by atoms with van der Waals surface area (Å²) in [6.45, 7) is 8.05. The first-order valence-corrected chi connectivity index (χ1v) is 8.72. The molecule has 108 valence electrons. The van der Waals surface area contributed by atoms with E-state index in [2.05, 4.69) is 34.7 Å². The van der Waals surface area contributed by atoms with Crippen LogP contribution in [0.25, 0.3) is 0 Å². The summed E-state index contributed by atoms with van der Waals surface area (Å²) in [5.41, 5.74) is 0. The van der Waals surface area contributed by atoms with E-state index >= 15 is 0 Å². The van der Waals surface area contributed by atoms with Crippen LogP contribution >= 0.6 is 11.3 Å². The fourth-order valence-electron chi connectivity index (χ4n) is 2.91. The molecule has 0 unspecified atom stereocenters. The van der Waals surface area contributed by atoms with Gasteiger partial charge in [-0.25, -0.2) is 0 Å². The molecule has 0 spiro atoms. The molecule has 19 heavy (non-hydrogen) atoms. The molecule has 1 aromatic heterocycles. The van der Waals surface area contributed by atoms with Crippen LogP contribution < -0.4 is 5.32 Å². The van der Waals surface area contributed by atoms with Crippen LogP contribution in [0.15, 0.2) is 17.5 Å². The molecule has 0 radical (unpaired) electrons. The first-order chi connectivity index (χ1) is 9.38. The normalized spacial score (nSPS) is 17.2. The SMILES string of the molecule is CCN(CCNCC1CCCCC1)Cc1cccs1. The number of nitrogens with one attached hydrogen (secondary N) is 1. The fraction of sp³-hybridized carbons (Fsp3) is 0.750. The molecule has 1 aliphatic carbocycles. The summed E-state index contributed by atoms with van der Waals surface area (Å²) in [7, 11) is 0. The average Bonchev–Trinajstić information content (AvgIpc) is 2.96. The van der Waals surface area contributed by atoms with Crippen LogP contribution in [0.5, 0.6) is 0 Å². The zero-order chi connectivity index (χ0) is 13.3. The van der Waals surface area contributed by atoms with Crippen molar-refractivity contribution in [3.8, 4) is 0 Å². The van der Waals surface area contributed by atoms with E-state index in [-0.39, 0.29) is 0 Å². The van der Waals surface area contributed by atoms with E-state index in [0.717, 1.165) is 25.6 Å². The second-order valence-electron chi connectivity index (χ2n) is 5.66. The summed E-state index contributed by atoms with van der Waals surface area (Å²) >= 11 is 1.87. The van der Waals surface area contributed by atoms with Crippen molar-refractivity contribution in [1.29, 1.82) is 0 Å². The molecule has 1 saturated carbocycles. The van der Waals surface area contributed by atoms with E-state index in [1.165, 1.54) is 50.1 Å². The topological polar surface area (TPSA) is 15.3 Å². The zero-order valence-electron chi connectivity index (χ0n) is 12.2. The highest BCUT2D eigenvalue weighted by atomic mass is 32.1.